The minimum absolute atomic E-state index is 0.334. The van der Waals surface area contributed by atoms with Crippen LogP contribution in [0.3, 0.4) is 0 Å². The second kappa shape index (κ2) is 6.76. The van der Waals surface area contributed by atoms with Crippen LogP contribution in [-0.4, -0.2) is 33.8 Å². The Morgan fingerprint density at radius 1 is 1.37 bits per heavy atom. The summed E-state index contributed by atoms with van der Waals surface area (Å²) >= 11 is 2.81. The van der Waals surface area contributed by atoms with Crippen LogP contribution in [-0.2, 0) is 11.2 Å². The Kier molecular flexibility index (Phi) is 5.03. The number of hydrogen-bond acceptors (Lipinski definition) is 6. The van der Waals surface area contributed by atoms with Crippen LogP contribution in [0.1, 0.15) is 16.0 Å². The Bertz CT molecular complexity index is 499. The topological polar surface area (TPSA) is 82.5 Å². The lowest BCUT2D eigenvalue weighted by molar-refractivity contribution is -0.135. The van der Waals surface area contributed by atoms with Crippen molar-refractivity contribution in [3.05, 3.63) is 39.0 Å². The number of carbonyl (C=O) groups is 1. The van der Waals surface area contributed by atoms with E-state index in [1.807, 2.05) is 17.5 Å². The maximum atomic E-state index is 11.7. The van der Waals surface area contributed by atoms with Gasteiger partial charge in [0.15, 0.2) is 6.10 Å². The molecule has 2 aromatic rings. The van der Waals surface area contributed by atoms with Crippen molar-refractivity contribution in [1.82, 2.24) is 10.3 Å². The molecule has 0 aromatic carbocycles. The summed E-state index contributed by atoms with van der Waals surface area (Å²) < 4.78 is 0. The van der Waals surface area contributed by atoms with Crippen molar-refractivity contribution in [3.8, 4) is 0 Å². The largest absolute Gasteiger partial charge is 0.383 e. The summed E-state index contributed by atoms with van der Waals surface area (Å²) in [5, 5.41) is 26.1. The highest BCUT2D eigenvalue weighted by Gasteiger charge is 2.27. The number of hydrogen-bond donors (Lipinski definition) is 3. The van der Waals surface area contributed by atoms with Crippen molar-refractivity contribution in [2.24, 2.45) is 0 Å². The fourth-order valence-electron chi connectivity index (χ4n) is 1.53. The van der Waals surface area contributed by atoms with E-state index in [0.29, 0.717) is 18.0 Å². The van der Waals surface area contributed by atoms with Crippen molar-refractivity contribution >= 4 is 28.6 Å². The number of carbonyl (C=O) groups excluding carboxylic acids is 1. The van der Waals surface area contributed by atoms with E-state index in [9.17, 15) is 15.0 Å². The fourth-order valence-corrected chi connectivity index (χ4v) is 2.89. The molecule has 0 aliphatic carbocycles. The van der Waals surface area contributed by atoms with Gasteiger partial charge in [-0.25, -0.2) is 4.98 Å². The lowest BCUT2D eigenvalue weighted by atomic mass is 10.2. The molecule has 0 saturated heterocycles. The summed E-state index contributed by atoms with van der Waals surface area (Å²) in [6.45, 7) is 0.432. The zero-order valence-corrected chi connectivity index (χ0v) is 11.7. The monoisotopic (exact) mass is 298 g/mol. The molecule has 7 heteroatoms. The van der Waals surface area contributed by atoms with Crippen molar-refractivity contribution in [3.63, 3.8) is 0 Å². The first-order valence-corrected chi connectivity index (χ1v) is 7.50. The maximum absolute atomic E-state index is 11.7. The highest BCUT2D eigenvalue weighted by Crippen LogP contribution is 2.19. The maximum Gasteiger partial charge on any atom is 0.252 e. The molecule has 0 saturated carbocycles. The first kappa shape index (κ1) is 14.1. The van der Waals surface area contributed by atoms with Gasteiger partial charge in [0.1, 0.15) is 11.1 Å². The van der Waals surface area contributed by atoms with Gasteiger partial charge in [0.25, 0.3) is 5.91 Å². The third-order valence-electron chi connectivity index (χ3n) is 2.52. The molecule has 102 valence electrons. The third kappa shape index (κ3) is 3.84. The van der Waals surface area contributed by atoms with Crippen LogP contribution in [0, 0.1) is 0 Å². The molecule has 0 fully saturated rings. The molecule has 19 heavy (non-hydrogen) atoms. The number of aliphatic hydroxyl groups is 2. The standard InChI is InChI=1S/C12H14N2O3S2/c15-9(10(16)12-14-5-7-19-12)11(17)13-4-3-8-2-1-6-18-8/h1-2,5-7,9-10,15-16H,3-4H2,(H,13,17)/t9-,10-/m1/s1. The molecule has 1 amide bonds. The molecule has 3 N–H and O–H groups in total. The van der Waals surface area contributed by atoms with E-state index >= 15 is 0 Å². The number of nitrogens with zero attached hydrogens (tertiary/aromatic N) is 1. The fraction of sp³-hybridized carbons (Fsp3) is 0.333. The molecule has 0 radical (unpaired) electrons. The van der Waals surface area contributed by atoms with E-state index in [2.05, 4.69) is 10.3 Å². The molecule has 0 spiro atoms. The second-order valence-electron chi connectivity index (χ2n) is 3.88. The van der Waals surface area contributed by atoms with E-state index in [-0.39, 0.29) is 0 Å². The van der Waals surface area contributed by atoms with Gasteiger partial charge in [0.2, 0.25) is 0 Å². The summed E-state index contributed by atoms with van der Waals surface area (Å²) in [6, 6.07) is 3.93. The molecular weight excluding hydrogens is 284 g/mol. The normalized spacial score (nSPS) is 14.0. The molecular formula is C12H14N2O3S2. The van der Waals surface area contributed by atoms with Gasteiger partial charge in [-0.2, -0.15) is 0 Å². The summed E-state index contributed by atoms with van der Waals surface area (Å²) in [7, 11) is 0. The van der Waals surface area contributed by atoms with Crippen molar-refractivity contribution in [2.75, 3.05) is 6.54 Å². The first-order valence-electron chi connectivity index (χ1n) is 5.74. The van der Waals surface area contributed by atoms with Gasteiger partial charge in [-0.15, -0.1) is 22.7 Å². The van der Waals surface area contributed by atoms with Gasteiger partial charge in [-0.05, 0) is 17.9 Å². The van der Waals surface area contributed by atoms with Gasteiger partial charge in [-0.1, -0.05) is 6.07 Å². The highest BCUT2D eigenvalue weighted by atomic mass is 32.1. The van der Waals surface area contributed by atoms with Gasteiger partial charge >= 0.3 is 0 Å². The average molecular weight is 298 g/mol. The number of nitrogens with one attached hydrogen (secondary N) is 1. The molecule has 0 bridgehead atoms. The highest BCUT2D eigenvalue weighted by molar-refractivity contribution is 7.10. The molecule has 0 aliphatic heterocycles. The van der Waals surface area contributed by atoms with Crippen LogP contribution in [0.5, 0.6) is 0 Å². The molecule has 5 nitrogen and oxygen atoms in total. The summed E-state index contributed by atoms with van der Waals surface area (Å²) in [5.74, 6) is -0.584. The summed E-state index contributed by atoms with van der Waals surface area (Å²) in [4.78, 5) is 16.7. The zero-order valence-electron chi connectivity index (χ0n) is 10.0. The molecule has 2 rings (SSSR count). The minimum Gasteiger partial charge on any atom is -0.383 e. The Balaban J connectivity index is 1.79. The zero-order chi connectivity index (χ0) is 13.7. The van der Waals surface area contributed by atoms with Crippen LogP contribution < -0.4 is 5.32 Å². The summed E-state index contributed by atoms with van der Waals surface area (Å²) in [5.41, 5.74) is 0. The number of thiophene rings is 1. The number of amides is 1. The number of thiazole rings is 1. The number of rotatable bonds is 6. The molecule has 0 aliphatic rings. The van der Waals surface area contributed by atoms with Crippen LogP contribution in [0.4, 0.5) is 0 Å². The van der Waals surface area contributed by atoms with Crippen molar-refractivity contribution in [2.45, 2.75) is 18.6 Å². The molecule has 2 atom stereocenters. The smallest absolute Gasteiger partial charge is 0.252 e. The van der Waals surface area contributed by atoms with Gasteiger partial charge in [0, 0.05) is 23.0 Å². The third-order valence-corrected chi connectivity index (χ3v) is 4.31. The van der Waals surface area contributed by atoms with E-state index in [1.54, 1.807) is 16.7 Å². The Morgan fingerprint density at radius 3 is 2.84 bits per heavy atom. The lowest BCUT2D eigenvalue weighted by Gasteiger charge is -2.15. The van der Waals surface area contributed by atoms with Gasteiger partial charge in [-0.3, -0.25) is 4.79 Å². The Morgan fingerprint density at radius 2 is 2.21 bits per heavy atom. The first-order chi connectivity index (χ1) is 9.18. The predicted molar refractivity (Wildman–Crippen MR) is 74.1 cm³/mol. The van der Waals surface area contributed by atoms with Crippen molar-refractivity contribution in [1.29, 1.82) is 0 Å². The quantitative estimate of drug-likeness (QED) is 0.742. The van der Waals surface area contributed by atoms with Crippen LogP contribution >= 0.6 is 22.7 Å². The number of aromatic nitrogens is 1. The second-order valence-corrected chi connectivity index (χ2v) is 5.84. The predicted octanol–water partition coefficient (Wildman–Crippen LogP) is 0.958. The van der Waals surface area contributed by atoms with Crippen LogP contribution in [0.15, 0.2) is 29.1 Å². The Labute approximate surface area is 118 Å². The number of aliphatic hydroxyl groups excluding tert-OH is 2. The van der Waals surface area contributed by atoms with Crippen molar-refractivity contribution < 1.29 is 15.0 Å². The Hall–Kier alpha value is -1.28. The van der Waals surface area contributed by atoms with E-state index < -0.39 is 18.1 Å². The SMILES string of the molecule is O=C(NCCc1cccs1)[C@H](O)[C@@H](O)c1nccs1. The van der Waals surface area contributed by atoms with Gasteiger partial charge < -0.3 is 15.5 Å². The average Bonchev–Trinajstić information content (AvgIpc) is 3.09. The molecule has 0 unspecified atom stereocenters. The summed E-state index contributed by atoms with van der Waals surface area (Å²) in [6.07, 6.45) is -0.537. The lowest BCUT2D eigenvalue weighted by Crippen LogP contribution is -2.39. The van der Waals surface area contributed by atoms with E-state index in [0.717, 1.165) is 4.88 Å². The van der Waals surface area contributed by atoms with E-state index in [1.165, 1.54) is 17.5 Å². The minimum atomic E-state index is -1.49. The van der Waals surface area contributed by atoms with Crippen LogP contribution in [0.25, 0.3) is 0 Å². The van der Waals surface area contributed by atoms with E-state index in [4.69, 9.17) is 0 Å². The molecule has 2 heterocycles. The van der Waals surface area contributed by atoms with Gasteiger partial charge in [0.05, 0.1) is 0 Å². The van der Waals surface area contributed by atoms with Crippen LogP contribution in [0.2, 0.25) is 0 Å². The molecule has 2 aromatic heterocycles.